The van der Waals surface area contributed by atoms with Crippen molar-refractivity contribution in [2.75, 3.05) is 6.61 Å². The van der Waals surface area contributed by atoms with Crippen molar-refractivity contribution >= 4 is 44.7 Å². The van der Waals surface area contributed by atoms with Gasteiger partial charge in [-0.3, -0.25) is 4.57 Å². The van der Waals surface area contributed by atoms with Gasteiger partial charge >= 0.3 is 0 Å². The maximum Gasteiger partial charge on any atom is 0.197 e. The third-order valence-electron chi connectivity index (χ3n) is 4.47. The van der Waals surface area contributed by atoms with Crippen molar-refractivity contribution in [3.05, 3.63) is 34.8 Å². The Labute approximate surface area is 168 Å². The first-order valence-corrected chi connectivity index (χ1v) is 11.3. The van der Waals surface area contributed by atoms with Gasteiger partial charge in [0, 0.05) is 16.9 Å². The second-order valence-corrected chi connectivity index (χ2v) is 9.52. The van der Waals surface area contributed by atoms with Crippen LogP contribution >= 0.6 is 34.4 Å². The van der Waals surface area contributed by atoms with E-state index in [0.29, 0.717) is 0 Å². The van der Waals surface area contributed by atoms with E-state index in [9.17, 15) is 0 Å². The molecule has 27 heavy (non-hydrogen) atoms. The minimum Gasteiger partial charge on any atom is -0.376 e. The molecule has 0 amide bonds. The largest absolute Gasteiger partial charge is 0.376 e. The number of aryl methyl sites for hydroxylation is 1. The molecule has 0 aromatic carbocycles. The molecule has 4 aromatic heterocycles. The van der Waals surface area contributed by atoms with Crippen LogP contribution in [-0.2, 0) is 11.3 Å². The van der Waals surface area contributed by atoms with Crippen LogP contribution in [0.5, 0.6) is 0 Å². The molecule has 1 unspecified atom stereocenters. The van der Waals surface area contributed by atoms with E-state index in [1.165, 1.54) is 4.88 Å². The Bertz CT molecular complexity index is 1070. The van der Waals surface area contributed by atoms with Gasteiger partial charge < -0.3 is 4.74 Å². The summed E-state index contributed by atoms with van der Waals surface area (Å²) in [4.78, 5) is 12.3. The molecule has 0 spiro atoms. The van der Waals surface area contributed by atoms with Gasteiger partial charge in [-0.25, -0.2) is 9.97 Å². The number of hydrogen-bond donors (Lipinski definition) is 0. The normalized spacial score (nSPS) is 17.1. The van der Waals surface area contributed by atoms with Gasteiger partial charge in [0.05, 0.1) is 17.5 Å². The molecule has 0 bridgehead atoms. The van der Waals surface area contributed by atoms with Crippen LogP contribution in [0.3, 0.4) is 0 Å². The molecule has 6 nitrogen and oxygen atoms in total. The minimum atomic E-state index is 0.216. The van der Waals surface area contributed by atoms with Crippen molar-refractivity contribution in [2.24, 2.45) is 0 Å². The quantitative estimate of drug-likeness (QED) is 0.442. The Kier molecular flexibility index (Phi) is 4.68. The van der Waals surface area contributed by atoms with Crippen LogP contribution in [0, 0.1) is 6.92 Å². The van der Waals surface area contributed by atoms with Gasteiger partial charge in [0.25, 0.3) is 0 Å². The van der Waals surface area contributed by atoms with Crippen LogP contribution in [0.15, 0.2) is 40.1 Å². The van der Waals surface area contributed by atoms with Crippen LogP contribution in [0.25, 0.3) is 20.9 Å². The van der Waals surface area contributed by atoms with Gasteiger partial charge in [0.1, 0.15) is 16.2 Å². The van der Waals surface area contributed by atoms with E-state index in [1.54, 1.807) is 40.8 Å². The summed E-state index contributed by atoms with van der Waals surface area (Å²) in [6.45, 7) is 3.69. The van der Waals surface area contributed by atoms with Crippen LogP contribution in [0.2, 0.25) is 0 Å². The predicted molar refractivity (Wildman–Crippen MR) is 109 cm³/mol. The van der Waals surface area contributed by atoms with E-state index in [0.717, 1.165) is 57.1 Å². The molecule has 0 radical (unpaired) electrons. The molecule has 1 aliphatic heterocycles. The highest BCUT2D eigenvalue weighted by molar-refractivity contribution is 7.99. The van der Waals surface area contributed by atoms with Crippen molar-refractivity contribution in [1.29, 1.82) is 0 Å². The third-order valence-corrected chi connectivity index (χ3v) is 7.30. The monoisotopic (exact) mass is 415 g/mol. The number of ether oxygens (including phenoxy) is 1. The molecule has 0 saturated carbocycles. The summed E-state index contributed by atoms with van der Waals surface area (Å²) in [6, 6.07) is 6.27. The van der Waals surface area contributed by atoms with Gasteiger partial charge in [-0.05, 0) is 49.0 Å². The summed E-state index contributed by atoms with van der Waals surface area (Å²) >= 11 is 4.91. The predicted octanol–water partition coefficient (Wildman–Crippen LogP) is 4.65. The molecule has 0 N–H and O–H groups in total. The Balaban J connectivity index is 1.54. The lowest BCUT2D eigenvalue weighted by atomic mass is 10.2. The van der Waals surface area contributed by atoms with E-state index in [1.807, 2.05) is 6.07 Å². The number of aromatic nitrogens is 5. The lowest BCUT2D eigenvalue weighted by molar-refractivity contribution is 0.0953. The Morgan fingerprint density at radius 2 is 2.30 bits per heavy atom. The van der Waals surface area contributed by atoms with E-state index in [2.05, 4.69) is 49.2 Å². The molecule has 5 rings (SSSR count). The fourth-order valence-corrected chi connectivity index (χ4v) is 5.75. The Morgan fingerprint density at radius 3 is 3.11 bits per heavy atom. The number of fused-ring (bicyclic) bond motifs is 1. The molecule has 1 atom stereocenters. The Morgan fingerprint density at radius 1 is 1.33 bits per heavy atom. The van der Waals surface area contributed by atoms with Crippen molar-refractivity contribution in [3.8, 4) is 10.7 Å². The van der Waals surface area contributed by atoms with Gasteiger partial charge in [0.2, 0.25) is 0 Å². The fraction of sp³-hybridized carbons (Fsp3) is 0.333. The average molecular weight is 416 g/mol. The number of hydrogen-bond acceptors (Lipinski definition) is 8. The van der Waals surface area contributed by atoms with Crippen LogP contribution in [0.4, 0.5) is 0 Å². The fourth-order valence-electron chi connectivity index (χ4n) is 3.23. The minimum absolute atomic E-state index is 0.216. The molecule has 138 valence electrons. The summed E-state index contributed by atoms with van der Waals surface area (Å²) < 4.78 is 8.05. The van der Waals surface area contributed by atoms with Crippen molar-refractivity contribution in [2.45, 2.75) is 42.6 Å². The second-order valence-electron chi connectivity index (χ2n) is 6.39. The van der Waals surface area contributed by atoms with Crippen LogP contribution in [0.1, 0.15) is 17.7 Å². The summed E-state index contributed by atoms with van der Waals surface area (Å²) in [5.74, 6) is 0.898. The molecule has 4 aromatic rings. The van der Waals surface area contributed by atoms with Crippen molar-refractivity contribution < 1.29 is 4.74 Å². The highest BCUT2D eigenvalue weighted by Gasteiger charge is 2.23. The first kappa shape index (κ1) is 17.3. The van der Waals surface area contributed by atoms with Crippen LogP contribution in [-0.4, -0.2) is 37.4 Å². The lowest BCUT2D eigenvalue weighted by Gasteiger charge is -2.14. The summed E-state index contributed by atoms with van der Waals surface area (Å²) in [7, 11) is 0. The standard InChI is InChI=1S/C18H17N5OS3/c1-11-8-13-16(26-11)19-10-20-17(13)27-18-22-21-15(14-5-3-7-25-14)23(18)9-12-4-2-6-24-12/h3,5,7-8,10,12H,2,4,6,9H2,1H3. The summed E-state index contributed by atoms with van der Waals surface area (Å²) in [5, 5.41) is 13.9. The maximum absolute atomic E-state index is 5.87. The molecule has 1 saturated heterocycles. The third kappa shape index (κ3) is 3.40. The highest BCUT2D eigenvalue weighted by Crippen LogP contribution is 2.36. The number of nitrogens with zero attached hydrogens (tertiary/aromatic N) is 5. The summed E-state index contributed by atoms with van der Waals surface area (Å²) in [5.41, 5.74) is 0. The van der Waals surface area contributed by atoms with Crippen molar-refractivity contribution in [1.82, 2.24) is 24.7 Å². The van der Waals surface area contributed by atoms with Gasteiger partial charge in [-0.2, -0.15) is 0 Å². The molecule has 1 fully saturated rings. The van der Waals surface area contributed by atoms with E-state index in [-0.39, 0.29) is 6.10 Å². The second kappa shape index (κ2) is 7.31. The highest BCUT2D eigenvalue weighted by atomic mass is 32.2. The average Bonchev–Trinajstić information content (AvgIpc) is 3.43. The molecular weight excluding hydrogens is 398 g/mol. The smallest absolute Gasteiger partial charge is 0.197 e. The lowest BCUT2D eigenvalue weighted by Crippen LogP contribution is -2.16. The number of rotatable bonds is 5. The van der Waals surface area contributed by atoms with E-state index < -0.39 is 0 Å². The summed E-state index contributed by atoms with van der Waals surface area (Å²) in [6.07, 6.45) is 4.03. The molecule has 9 heteroatoms. The Hall–Kier alpha value is -1.81. The maximum atomic E-state index is 5.87. The number of thiophene rings is 2. The first-order valence-electron chi connectivity index (χ1n) is 8.75. The van der Waals surface area contributed by atoms with E-state index in [4.69, 9.17) is 4.74 Å². The molecule has 5 heterocycles. The van der Waals surface area contributed by atoms with Gasteiger partial charge in [-0.15, -0.1) is 32.9 Å². The van der Waals surface area contributed by atoms with Crippen LogP contribution < -0.4 is 0 Å². The zero-order valence-corrected chi connectivity index (χ0v) is 17.1. The first-order chi connectivity index (χ1) is 13.3. The molecular formula is C18H17N5OS3. The van der Waals surface area contributed by atoms with Gasteiger partial charge in [0.15, 0.2) is 11.0 Å². The molecule has 1 aliphatic rings. The zero-order valence-electron chi connectivity index (χ0n) is 14.7. The van der Waals surface area contributed by atoms with E-state index >= 15 is 0 Å². The zero-order chi connectivity index (χ0) is 18.2. The van der Waals surface area contributed by atoms with Crippen molar-refractivity contribution in [3.63, 3.8) is 0 Å². The topological polar surface area (TPSA) is 65.7 Å². The van der Waals surface area contributed by atoms with Gasteiger partial charge in [-0.1, -0.05) is 6.07 Å². The molecule has 0 aliphatic carbocycles. The SMILES string of the molecule is Cc1cc2c(Sc3nnc(-c4cccs4)n3CC3CCCO3)ncnc2s1.